The number of carboxylic acid groups (broad SMARTS) is 2. The van der Waals surface area contributed by atoms with Gasteiger partial charge in [-0.05, 0) is 96.9 Å². The Hall–Kier alpha value is -8.13. The summed E-state index contributed by atoms with van der Waals surface area (Å²) >= 11 is 2.23. The average Bonchev–Trinajstić information content (AvgIpc) is 1.59. The average molecular weight is 1310 g/mol. The van der Waals surface area contributed by atoms with Gasteiger partial charge in [0.2, 0.25) is 11.8 Å². The maximum Gasteiger partial charge on any atom is 0.411 e. The van der Waals surface area contributed by atoms with Crippen LogP contribution in [0.2, 0.25) is 0 Å². The van der Waals surface area contributed by atoms with Gasteiger partial charge in [-0.25, -0.2) is 18.4 Å². The third-order valence-corrected chi connectivity index (χ3v) is 15.2. The molecule has 8 rings (SSSR count). The first-order valence-corrected chi connectivity index (χ1v) is 30.5. The van der Waals surface area contributed by atoms with E-state index in [2.05, 4.69) is 52.1 Å². The van der Waals surface area contributed by atoms with Crippen LogP contribution in [0.4, 0.5) is 19.3 Å². The molecule has 0 aliphatic carbocycles. The fourth-order valence-electron chi connectivity index (χ4n) is 10.4. The molecule has 87 heavy (non-hydrogen) atoms. The van der Waals surface area contributed by atoms with Crippen molar-refractivity contribution in [1.29, 1.82) is 5.26 Å². The molecule has 1 aromatic heterocycles. The Balaban J connectivity index is 0.000000258. The smallest absolute Gasteiger partial charge is 0.411 e. The van der Waals surface area contributed by atoms with E-state index < -0.39 is 76.9 Å². The van der Waals surface area contributed by atoms with E-state index in [1.807, 2.05) is 114 Å². The summed E-state index contributed by atoms with van der Waals surface area (Å²) in [5.41, 5.74) is 2.11. The van der Waals surface area contributed by atoms with Crippen molar-refractivity contribution >= 4 is 80.9 Å². The number of rotatable bonds is 19. The molecule has 0 saturated carbocycles. The van der Waals surface area contributed by atoms with Gasteiger partial charge in [-0.3, -0.25) is 28.9 Å². The van der Waals surface area contributed by atoms with Gasteiger partial charge in [0.1, 0.15) is 54.4 Å². The maximum absolute atomic E-state index is 14.5. The predicted octanol–water partition coefficient (Wildman–Crippen LogP) is 12.3. The summed E-state index contributed by atoms with van der Waals surface area (Å²) in [5, 5.41) is 31.5. The molecule has 0 radical (unpaired) electrons. The van der Waals surface area contributed by atoms with E-state index in [1.165, 1.54) is 26.8 Å². The van der Waals surface area contributed by atoms with Crippen LogP contribution in [0.25, 0.3) is 10.9 Å². The number of aromatic nitrogens is 1. The van der Waals surface area contributed by atoms with Crippen molar-refractivity contribution in [3.63, 3.8) is 0 Å². The van der Waals surface area contributed by atoms with E-state index in [4.69, 9.17) is 19.3 Å². The topological polar surface area (TPSA) is 249 Å². The van der Waals surface area contributed by atoms with Gasteiger partial charge in [-0.15, -0.1) is 13.2 Å². The number of nitrogens with one attached hydrogen (secondary N) is 2. The van der Waals surface area contributed by atoms with Crippen LogP contribution in [0.15, 0.2) is 122 Å². The number of aliphatic carboxylic acids is 2. The number of aromatic amines is 1. The van der Waals surface area contributed by atoms with Crippen molar-refractivity contribution in [2.75, 3.05) is 36.0 Å². The van der Waals surface area contributed by atoms with Crippen molar-refractivity contribution in [1.82, 2.24) is 19.7 Å². The molecule has 1 saturated heterocycles. The van der Waals surface area contributed by atoms with E-state index in [0.29, 0.717) is 55.7 Å². The summed E-state index contributed by atoms with van der Waals surface area (Å²) in [5.74, 6) is -4.94. The second-order valence-electron chi connectivity index (χ2n) is 22.7. The molecule has 4 bridgehead atoms. The van der Waals surface area contributed by atoms with Crippen LogP contribution in [-0.2, 0) is 52.1 Å². The molecule has 3 aliphatic rings. The number of halogens is 3. The predicted molar refractivity (Wildman–Crippen MR) is 335 cm³/mol. The Morgan fingerprint density at radius 2 is 1.48 bits per heavy atom. The molecule has 1 fully saturated rings. The van der Waals surface area contributed by atoms with Gasteiger partial charge in [0.05, 0.1) is 35.9 Å². The van der Waals surface area contributed by atoms with Crippen LogP contribution in [0.5, 0.6) is 5.75 Å². The molecule has 1 spiro atoms. The first-order chi connectivity index (χ1) is 41.5. The number of ether oxygens (including phenoxy) is 3. The van der Waals surface area contributed by atoms with Crippen molar-refractivity contribution < 1.29 is 66.8 Å². The van der Waals surface area contributed by atoms with E-state index in [0.717, 1.165) is 27.7 Å². The number of amides is 4. The quantitative estimate of drug-likeness (QED) is 0.0260. The molecule has 21 heteroatoms. The highest BCUT2D eigenvalue weighted by Crippen LogP contribution is 2.48. The number of H-pyrrole nitrogens is 1. The number of carbonyl (C=O) groups excluding carboxylic acids is 5. The van der Waals surface area contributed by atoms with Crippen molar-refractivity contribution in [2.24, 2.45) is 23.7 Å². The first kappa shape index (κ1) is 69.6. The summed E-state index contributed by atoms with van der Waals surface area (Å²) in [6, 6.07) is 26.6. The maximum atomic E-state index is 14.5. The standard InChI is InChI=1S/C31H31F2N5O4.C17H23NO4.C15H20O4.C3H5I/c1-17(2)9-27-29(40)38-16-31(14-19(38)15-34)22-12-20(5-6-24(22)36-30(31)41)42-8-4-3-7-37(27)28(39)26-13-21-23(33)10-18(32)11-25(21)35-26;1-4-10-18(15(16(19)20)11-13(2)3)17(21)22-12-14-8-6-5-7-9-14;1-11(2)8-13(15(17)18)9-14(16)19-10-12-6-4-3-5-7-12;1-2-3-4/h5-6,10-13,17,19,27,35H,3-4,7-9,14,16H2,1-2H3,(H,36,41);4-9,13,15H,1,10-12H2,2-3H3,(H,19,20);3-7,11,13H,8-10H2,1-2H3,(H,17,18);2H,1,3H2/t19-,27-,31-;15-;13-;/m001./s1. The van der Waals surface area contributed by atoms with Gasteiger partial charge in [0, 0.05) is 47.6 Å². The SMILES string of the molecule is C=CCI.C=CCN(C(=O)OCc1ccccc1)[C@@H](CC(C)C)C(=O)O.CC(C)C[C@H](CC(=O)OCc1ccccc1)C(=O)O.CC(C)C[C@H]1C(=O)N2C[C@]3(C[C@H]2C#N)C(=O)Nc2ccc(cc23)OCCCCN1C(=O)c1cc2c(F)cc(F)cc2[nH]1. The zero-order chi connectivity index (χ0) is 64.0. The molecule has 466 valence electrons. The van der Waals surface area contributed by atoms with Gasteiger partial charge in [0.15, 0.2) is 0 Å². The van der Waals surface area contributed by atoms with Gasteiger partial charge in [-0.2, -0.15) is 5.26 Å². The van der Waals surface area contributed by atoms with E-state index in [-0.39, 0.29) is 85.9 Å². The Morgan fingerprint density at radius 1 is 0.851 bits per heavy atom. The fraction of sp³-hybridized carbons (Fsp3) is 0.424. The van der Waals surface area contributed by atoms with Crippen molar-refractivity contribution in [3.05, 3.63) is 156 Å². The normalized spacial score (nSPS) is 17.5. The Kier molecular flexibility index (Phi) is 27.0. The third kappa shape index (κ3) is 19.7. The summed E-state index contributed by atoms with van der Waals surface area (Å²) < 4.78 is 45.8. The summed E-state index contributed by atoms with van der Waals surface area (Å²) in [6.45, 7) is 19.6. The number of hydrogen-bond acceptors (Lipinski definition) is 11. The van der Waals surface area contributed by atoms with Crippen LogP contribution in [0, 0.1) is 46.6 Å². The van der Waals surface area contributed by atoms with Crippen molar-refractivity contribution in [2.45, 2.75) is 123 Å². The molecule has 4 N–H and O–H groups in total. The van der Waals surface area contributed by atoms with Crippen LogP contribution in [0.3, 0.4) is 0 Å². The minimum atomic E-state index is -1.12. The molecule has 3 aliphatic heterocycles. The number of nitrogens with zero attached hydrogens (tertiary/aromatic N) is 4. The fourth-order valence-corrected chi connectivity index (χ4v) is 10.4. The lowest BCUT2D eigenvalue weighted by Gasteiger charge is -2.35. The molecule has 4 heterocycles. The number of alkyl halides is 1. The number of fused-ring (bicyclic) bond motifs is 3. The number of nitriles is 1. The Bertz CT molecular complexity index is 3230. The van der Waals surface area contributed by atoms with E-state index in [9.17, 15) is 52.7 Å². The molecular formula is C66H79F2IN6O12. The summed E-state index contributed by atoms with van der Waals surface area (Å²) in [7, 11) is 0. The molecule has 4 amide bonds. The highest BCUT2D eigenvalue weighted by Gasteiger charge is 2.57. The molecule has 0 unspecified atom stereocenters. The van der Waals surface area contributed by atoms with E-state index in [1.54, 1.807) is 12.1 Å². The monoisotopic (exact) mass is 1310 g/mol. The van der Waals surface area contributed by atoms with Crippen LogP contribution < -0.4 is 10.1 Å². The minimum Gasteiger partial charge on any atom is -0.494 e. The molecule has 18 nitrogen and oxygen atoms in total. The number of hydrogen-bond donors (Lipinski definition) is 4. The van der Waals surface area contributed by atoms with E-state index >= 15 is 0 Å². The zero-order valence-electron chi connectivity index (χ0n) is 50.1. The van der Waals surface area contributed by atoms with Crippen molar-refractivity contribution in [3.8, 4) is 11.8 Å². The number of carbonyl (C=O) groups is 7. The first-order valence-electron chi connectivity index (χ1n) is 28.9. The summed E-state index contributed by atoms with van der Waals surface area (Å²) in [6.07, 6.45) is 5.00. The van der Waals surface area contributed by atoms with Crippen LogP contribution in [-0.4, -0.2) is 120 Å². The largest absolute Gasteiger partial charge is 0.494 e. The van der Waals surface area contributed by atoms with Crippen LogP contribution in [0.1, 0.15) is 114 Å². The number of allylic oxidation sites excluding steroid dienone is 1. The second-order valence-corrected chi connectivity index (χ2v) is 23.6. The Morgan fingerprint density at radius 3 is 2.05 bits per heavy atom. The van der Waals surface area contributed by atoms with Crippen LogP contribution >= 0.6 is 22.6 Å². The number of benzene rings is 4. The lowest BCUT2D eigenvalue weighted by molar-refractivity contribution is -0.152. The highest BCUT2D eigenvalue weighted by atomic mass is 127. The number of carboxylic acids is 2. The third-order valence-electron chi connectivity index (χ3n) is 14.5. The summed E-state index contributed by atoms with van der Waals surface area (Å²) in [4.78, 5) is 95.1. The lowest BCUT2D eigenvalue weighted by atomic mass is 9.79. The van der Waals surface area contributed by atoms with Gasteiger partial charge < -0.3 is 44.5 Å². The molecular weight excluding hydrogens is 1230 g/mol. The lowest BCUT2D eigenvalue weighted by Crippen LogP contribution is -2.53. The second kappa shape index (κ2) is 33.7. The zero-order valence-corrected chi connectivity index (χ0v) is 52.3. The molecule has 5 aromatic rings. The highest BCUT2D eigenvalue weighted by molar-refractivity contribution is 14.1. The number of anilines is 1. The Labute approximate surface area is 521 Å². The number of esters is 1. The van der Waals surface area contributed by atoms with Gasteiger partial charge >= 0.3 is 24.0 Å². The van der Waals surface area contributed by atoms with Gasteiger partial charge in [-0.1, -0.05) is 137 Å². The minimum absolute atomic E-state index is 0.000818. The van der Waals surface area contributed by atoms with Gasteiger partial charge in [0.25, 0.3) is 5.91 Å². The molecule has 5 atom stereocenters. The molecule has 4 aromatic carbocycles.